The molecule has 0 bridgehead atoms. The molecular weight excluding hydrogens is 265 g/mol. The third kappa shape index (κ3) is 1.74. The van der Waals surface area contributed by atoms with Crippen molar-refractivity contribution in [1.82, 2.24) is 14.9 Å². The fourth-order valence-corrected chi connectivity index (χ4v) is 2.50. The molecule has 2 N–H and O–H groups in total. The first-order valence-corrected chi connectivity index (χ1v) is 6.22. The van der Waals surface area contributed by atoms with Crippen molar-refractivity contribution in [2.75, 3.05) is 0 Å². The van der Waals surface area contributed by atoms with Crippen molar-refractivity contribution in [3.8, 4) is 0 Å². The minimum absolute atomic E-state index is 0.0831. The maximum absolute atomic E-state index is 14.0. The van der Waals surface area contributed by atoms with Crippen LogP contribution in [0.5, 0.6) is 0 Å². The number of aromatic amines is 1. The van der Waals surface area contributed by atoms with Crippen molar-refractivity contribution in [1.29, 1.82) is 0 Å². The standard InChI is InChI=1S/C13H12FN3O3/c1-6-2-3-7-11(10(6)14)16-13(20)17(7)8-4-5-9(18)15-12(8)19/h2-3,8H,4-5H2,1H3,(H,16,20)(H,15,18,19). The number of aromatic nitrogens is 2. The van der Waals surface area contributed by atoms with Gasteiger partial charge in [-0.3, -0.25) is 19.5 Å². The number of halogens is 1. The number of H-pyrrole nitrogens is 1. The highest BCUT2D eigenvalue weighted by molar-refractivity contribution is 6.00. The fourth-order valence-electron chi connectivity index (χ4n) is 2.50. The Morgan fingerprint density at radius 1 is 1.30 bits per heavy atom. The van der Waals surface area contributed by atoms with Crippen LogP contribution in [-0.4, -0.2) is 21.4 Å². The predicted octanol–water partition coefficient (Wildman–Crippen LogP) is 0.755. The molecule has 0 radical (unpaired) electrons. The summed E-state index contributed by atoms with van der Waals surface area (Å²) in [5.41, 5.74) is 0.264. The average Bonchev–Trinajstić information content (AvgIpc) is 2.72. The molecule has 1 aliphatic rings. The van der Waals surface area contributed by atoms with Crippen molar-refractivity contribution in [3.05, 3.63) is 34.0 Å². The summed E-state index contributed by atoms with van der Waals surface area (Å²) in [5, 5.41) is 2.19. The van der Waals surface area contributed by atoms with Crippen LogP contribution in [0.1, 0.15) is 24.4 Å². The number of amides is 2. The number of piperidine rings is 1. The summed E-state index contributed by atoms with van der Waals surface area (Å²) in [7, 11) is 0. The molecule has 1 atom stereocenters. The van der Waals surface area contributed by atoms with Gasteiger partial charge < -0.3 is 4.98 Å². The number of aryl methyl sites for hydroxylation is 1. The van der Waals surface area contributed by atoms with Gasteiger partial charge in [0.15, 0.2) is 5.82 Å². The minimum atomic E-state index is -0.795. The number of hydrogen-bond donors (Lipinski definition) is 2. The van der Waals surface area contributed by atoms with E-state index in [4.69, 9.17) is 0 Å². The third-order valence-electron chi connectivity index (χ3n) is 3.55. The monoisotopic (exact) mass is 277 g/mol. The number of nitrogens with zero attached hydrogens (tertiary/aromatic N) is 1. The zero-order valence-corrected chi connectivity index (χ0v) is 10.7. The molecular formula is C13H12FN3O3. The van der Waals surface area contributed by atoms with Gasteiger partial charge in [-0.05, 0) is 25.0 Å². The van der Waals surface area contributed by atoms with Crippen LogP contribution >= 0.6 is 0 Å². The van der Waals surface area contributed by atoms with Gasteiger partial charge in [0.25, 0.3) is 0 Å². The molecule has 1 fully saturated rings. The molecule has 1 aromatic heterocycles. The number of nitrogens with one attached hydrogen (secondary N) is 2. The highest BCUT2D eigenvalue weighted by Crippen LogP contribution is 2.24. The van der Waals surface area contributed by atoms with Gasteiger partial charge in [0.2, 0.25) is 11.8 Å². The second-order valence-electron chi connectivity index (χ2n) is 4.86. The molecule has 7 heteroatoms. The Morgan fingerprint density at radius 2 is 2.05 bits per heavy atom. The predicted molar refractivity (Wildman–Crippen MR) is 68.7 cm³/mol. The van der Waals surface area contributed by atoms with E-state index in [9.17, 15) is 18.8 Å². The zero-order chi connectivity index (χ0) is 14.4. The van der Waals surface area contributed by atoms with Gasteiger partial charge >= 0.3 is 5.69 Å². The van der Waals surface area contributed by atoms with Gasteiger partial charge in [0.05, 0.1) is 5.52 Å². The fraction of sp³-hybridized carbons (Fsp3) is 0.308. The number of hydrogen-bond acceptors (Lipinski definition) is 3. The van der Waals surface area contributed by atoms with Crippen LogP contribution in [0.15, 0.2) is 16.9 Å². The van der Waals surface area contributed by atoms with E-state index in [0.717, 1.165) is 0 Å². The molecule has 0 aliphatic carbocycles. The van der Waals surface area contributed by atoms with E-state index >= 15 is 0 Å². The Morgan fingerprint density at radius 3 is 2.75 bits per heavy atom. The molecule has 1 saturated heterocycles. The van der Waals surface area contributed by atoms with E-state index in [-0.39, 0.29) is 24.3 Å². The second-order valence-corrected chi connectivity index (χ2v) is 4.86. The van der Waals surface area contributed by atoms with Crippen LogP contribution in [-0.2, 0) is 9.59 Å². The molecule has 1 aromatic carbocycles. The highest BCUT2D eigenvalue weighted by atomic mass is 19.1. The van der Waals surface area contributed by atoms with Crippen LogP contribution in [0.2, 0.25) is 0 Å². The van der Waals surface area contributed by atoms with Gasteiger partial charge in [0.1, 0.15) is 11.6 Å². The molecule has 0 saturated carbocycles. The normalized spacial score (nSPS) is 19.4. The summed E-state index contributed by atoms with van der Waals surface area (Å²) in [6.45, 7) is 1.59. The molecule has 2 amide bonds. The van der Waals surface area contributed by atoms with E-state index in [0.29, 0.717) is 11.1 Å². The van der Waals surface area contributed by atoms with Crippen LogP contribution < -0.4 is 11.0 Å². The van der Waals surface area contributed by atoms with E-state index in [2.05, 4.69) is 10.3 Å². The maximum atomic E-state index is 14.0. The van der Waals surface area contributed by atoms with Crippen LogP contribution in [0, 0.1) is 12.7 Å². The second kappa shape index (κ2) is 4.29. The molecule has 6 nitrogen and oxygen atoms in total. The van der Waals surface area contributed by atoms with Gasteiger partial charge in [-0.15, -0.1) is 0 Å². The van der Waals surface area contributed by atoms with E-state index < -0.39 is 23.5 Å². The Balaban J connectivity index is 2.19. The Bertz CT molecular complexity index is 790. The number of carbonyl (C=O) groups is 2. The largest absolute Gasteiger partial charge is 0.327 e. The van der Waals surface area contributed by atoms with Crippen molar-refractivity contribution < 1.29 is 14.0 Å². The Kier molecular flexibility index (Phi) is 2.70. The molecule has 2 aromatic rings. The van der Waals surface area contributed by atoms with Crippen LogP contribution in [0.4, 0.5) is 4.39 Å². The maximum Gasteiger partial charge on any atom is 0.327 e. The first-order chi connectivity index (χ1) is 9.49. The molecule has 1 aliphatic heterocycles. The van der Waals surface area contributed by atoms with Crippen molar-refractivity contribution in [3.63, 3.8) is 0 Å². The summed E-state index contributed by atoms with van der Waals surface area (Å²) in [6.07, 6.45) is 0.386. The quantitative estimate of drug-likeness (QED) is 0.755. The zero-order valence-electron chi connectivity index (χ0n) is 10.7. The topological polar surface area (TPSA) is 84.0 Å². The van der Waals surface area contributed by atoms with E-state index in [1.54, 1.807) is 19.1 Å². The Labute approximate surface area is 112 Å². The number of imide groups is 1. The lowest BCUT2D eigenvalue weighted by Crippen LogP contribution is -2.43. The van der Waals surface area contributed by atoms with E-state index in [1.165, 1.54) is 4.57 Å². The molecule has 20 heavy (non-hydrogen) atoms. The van der Waals surface area contributed by atoms with Crippen molar-refractivity contribution in [2.24, 2.45) is 0 Å². The lowest BCUT2D eigenvalue weighted by molar-refractivity contribution is -0.135. The molecule has 0 spiro atoms. The lowest BCUT2D eigenvalue weighted by Gasteiger charge is -2.21. The SMILES string of the molecule is Cc1ccc2c([nH]c(=O)n2C2CCC(=O)NC2=O)c1F. The van der Waals surface area contributed by atoms with Gasteiger partial charge in [0, 0.05) is 6.42 Å². The summed E-state index contributed by atoms with van der Waals surface area (Å²) < 4.78 is 15.2. The van der Waals surface area contributed by atoms with Gasteiger partial charge in [-0.1, -0.05) is 6.07 Å². The molecule has 3 rings (SSSR count). The lowest BCUT2D eigenvalue weighted by atomic mass is 10.1. The molecule has 104 valence electrons. The number of benzene rings is 1. The number of rotatable bonds is 1. The van der Waals surface area contributed by atoms with Crippen molar-refractivity contribution >= 4 is 22.8 Å². The molecule has 1 unspecified atom stereocenters. The Hall–Kier alpha value is -2.44. The number of imidazole rings is 1. The smallest absolute Gasteiger partial charge is 0.303 e. The summed E-state index contributed by atoms with van der Waals surface area (Å²) in [5.74, 6) is -1.41. The first kappa shape index (κ1) is 12.6. The summed E-state index contributed by atoms with van der Waals surface area (Å²) in [4.78, 5) is 37.4. The average molecular weight is 277 g/mol. The van der Waals surface area contributed by atoms with Gasteiger partial charge in [-0.25, -0.2) is 9.18 Å². The van der Waals surface area contributed by atoms with Crippen LogP contribution in [0.3, 0.4) is 0 Å². The third-order valence-corrected chi connectivity index (χ3v) is 3.55. The van der Waals surface area contributed by atoms with Crippen LogP contribution in [0.25, 0.3) is 11.0 Å². The summed E-state index contributed by atoms with van der Waals surface area (Å²) in [6, 6.07) is 2.35. The van der Waals surface area contributed by atoms with E-state index in [1.807, 2.05) is 0 Å². The first-order valence-electron chi connectivity index (χ1n) is 6.22. The number of fused-ring (bicyclic) bond motifs is 1. The minimum Gasteiger partial charge on any atom is -0.303 e. The van der Waals surface area contributed by atoms with Crippen molar-refractivity contribution in [2.45, 2.75) is 25.8 Å². The van der Waals surface area contributed by atoms with Gasteiger partial charge in [-0.2, -0.15) is 0 Å². The summed E-state index contributed by atoms with van der Waals surface area (Å²) >= 11 is 0. The number of carbonyl (C=O) groups excluding carboxylic acids is 2. The highest BCUT2D eigenvalue weighted by Gasteiger charge is 2.30. The molecule has 2 heterocycles.